The quantitative estimate of drug-likeness (QED) is 0.302. The highest BCUT2D eigenvalue weighted by Crippen LogP contribution is 2.19. The molecule has 0 unspecified atom stereocenters. The van der Waals surface area contributed by atoms with Crippen molar-refractivity contribution >= 4 is 23.0 Å². The first-order valence-corrected chi connectivity index (χ1v) is 11.3. The molecule has 0 bridgehead atoms. The van der Waals surface area contributed by atoms with Gasteiger partial charge in [0.2, 0.25) is 0 Å². The summed E-state index contributed by atoms with van der Waals surface area (Å²) in [6.07, 6.45) is 14.9. The van der Waals surface area contributed by atoms with Gasteiger partial charge < -0.3 is 0 Å². The van der Waals surface area contributed by atoms with Gasteiger partial charge in [0.1, 0.15) is 0 Å². The number of benzene rings is 2. The zero-order valence-electron chi connectivity index (χ0n) is 17.0. The van der Waals surface area contributed by atoms with Gasteiger partial charge in [0.15, 0.2) is 0 Å². The third-order valence-electron chi connectivity index (χ3n) is 4.28. The van der Waals surface area contributed by atoms with Crippen LogP contribution in [0.2, 0.25) is 0 Å². The zero-order chi connectivity index (χ0) is 20.0. The molecule has 0 radical (unpaired) electrons. The Balaban J connectivity index is 2.13. The van der Waals surface area contributed by atoms with E-state index in [1.165, 1.54) is 25.7 Å². The highest BCUT2D eigenvalue weighted by molar-refractivity contribution is 7.85. The SMILES string of the molecule is CCCCC=C=Cc1cccc(S(=O)c2cccc(C=C=CCCCC)c2)c1. The monoisotopic (exact) mass is 390 g/mol. The highest BCUT2D eigenvalue weighted by atomic mass is 32.2. The van der Waals surface area contributed by atoms with E-state index in [1.54, 1.807) is 0 Å². The van der Waals surface area contributed by atoms with E-state index in [0.717, 1.165) is 33.8 Å². The average Bonchev–Trinajstić information content (AvgIpc) is 2.73. The summed E-state index contributed by atoms with van der Waals surface area (Å²) in [5.74, 6) is 0. The Hall–Kier alpha value is -2.37. The number of hydrogen-bond acceptors (Lipinski definition) is 1. The van der Waals surface area contributed by atoms with Crippen LogP contribution in [0.15, 0.2) is 81.9 Å². The number of unbranched alkanes of at least 4 members (excludes halogenated alkanes) is 4. The first kappa shape index (κ1) is 21.9. The van der Waals surface area contributed by atoms with E-state index in [2.05, 4.69) is 37.5 Å². The molecular weight excluding hydrogens is 360 g/mol. The molecule has 0 fully saturated rings. The van der Waals surface area contributed by atoms with Crippen molar-refractivity contribution in [2.24, 2.45) is 0 Å². The fourth-order valence-corrected chi connectivity index (χ4v) is 3.83. The van der Waals surface area contributed by atoms with Crippen LogP contribution in [0.3, 0.4) is 0 Å². The van der Waals surface area contributed by atoms with Crippen LogP contribution in [0.1, 0.15) is 63.5 Å². The third-order valence-corrected chi connectivity index (χ3v) is 5.65. The van der Waals surface area contributed by atoms with E-state index in [9.17, 15) is 4.21 Å². The average molecular weight is 391 g/mol. The molecule has 0 heterocycles. The van der Waals surface area contributed by atoms with Gasteiger partial charge in [0, 0.05) is 9.79 Å². The van der Waals surface area contributed by atoms with Gasteiger partial charge in [-0.3, -0.25) is 0 Å². The van der Waals surface area contributed by atoms with Gasteiger partial charge in [-0.2, -0.15) is 0 Å². The molecule has 0 spiro atoms. The lowest BCUT2D eigenvalue weighted by atomic mass is 10.2. The van der Waals surface area contributed by atoms with Crippen molar-refractivity contribution in [3.63, 3.8) is 0 Å². The molecule has 0 aliphatic heterocycles. The second-order valence-corrected chi connectivity index (χ2v) is 8.21. The Morgan fingerprint density at radius 2 is 1.25 bits per heavy atom. The van der Waals surface area contributed by atoms with Crippen LogP contribution < -0.4 is 0 Å². The standard InChI is InChI=1S/C26H30OS/c1-3-5-7-9-11-15-23-17-13-19-25(21-23)28(27)26-20-14-18-24(22-26)16-12-10-8-6-4-2/h9-10,13-22H,3-8H2,1-2H3. The van der Waals surface area contributed by atoms with Crippen molar-refractivity contribution in [1.82, 2.24) is 0 Å². The summed E-state index contributed by atoms with van der Waals surface area (Å²) in [6, 6.07) is 15.7. The van der Waals surface area contributed by atoms with Gasteiger partial charge in [-0.1, -0.05) is 51.0 Å². The molecule has 2 aromatic rings. The van der Waals surface area contributed by atoms with Crippen LogP contribution in [-0.2, 0) is 10.8 Å². The van der Waals surface area contributed by atoms with Crippen molar-refractivity contribution in [1.29, 1.82) is 0 Å². The van der Waals surface area contributed by atoms with Crippen molar-refractivity contribution in [3.8, 4) is 0 Å². The molecule has 0 amide bonds. The minimum atomic E-state index is -1.20. The molecule has 0 saturated heterocycles. The van der Waals surface area contributed by atoms with E-state index in [-0.39, 0.29) is 0 Å². The number of allylic oxidation sites excluding steroid dienone is 2. The maximum atomic E-state index is 13.0. The lowest BCUT2D eigenvalue weighted by Crippen LogP contribution is -1.93. The minimum Gasteiger partial charge on any atom is -0.249 e. The van der Waals surface area contributed by atoms with E-state index < -0.39 is 10.8 Å². The van der Waals surface area contributed by atoms with Gasteiger partial charge in [0.25, 0.3) is 0 Å². The first-order chi connectivity index (χ1) is 13.7. The van der Waals surface area contributed by atoms with Crippen LogP contribution in [0, 0.1) is 0 Å². The second-order valence-electron chi connectivity index (χ2n) is 6.73. The topological polar surface area (TPSA) is 17.1 Å². The molecule has 0 N–H and O–H groups in total. The van der Waals surface area contributed by atoms with Gasteiger partial charge in [0.05, 0.1) is 10.8 Å². The molecule has 146 valence electrons. The Labute approximate surface area is 172 Å². The minimum absolute atomic E-state index is 0.809. The van der Waals surface area contributed by atoms with E-state index in [1.807, 2.05) is 60.7 Å². The molecule has 0 aliphatic rings. The maximum Gasteiger partial charge on any atom is 0.0850 e. The first-order valence-electron chi connectivity index (χ1n) is 10.2. The molecule has 1 nitrogen and oxygen atoms in total. The van der Waals surface area contributed by atoms with Gasteiger partial charge in [-0.15, -0.1) is 11.5 Å². The van der Waals surface area contributed by atoms with E-state index in [0.29, 0.717) is 0 Å². The summed E-state index contributed by atoms with van der Waals surface area (Å²) >= 11 is 0. The molecule has 2 aromatic carbocycles. The summed E-state index contributed by atoms with van der Waals surface area (Å²) in [7, 11) is -1.20. The van der Waals surface area contributed by atoms with Crippen molar-refractivity contribution < 1.29 is 4.21 Å². The Morgan fingerprint density at radius 3 is 1.68 bits per heavy atom. The van der Waals surface area contributed by atoms with Crippen LogP contribution in [0.5, 0.6) is 0 Å². The Bertz CT molecular complexity index is 821. The maximum absolute atomic E-state index is 13.0. The van der Waals surface area contributed by atoms with Crippen molar-refractivity contribution in [2.75, 3.05) is 0 Å². The highest BCUT2D eigenvalue weighted by Gasteiger charge is 2.07. The van der Waals surface area contributed by atoms with Gasteiger partial charge >= 0.3 is 0 Å². The molecule has 28 heavy (non-hydrogen) atoms. The molecule has 0 aliphatic carbocycles. The van der Waals surface area contributed by atoms with E-state index >= 15 is 0 Å². The van der Waals surface area contributed by atoms with Crippen LogP contribution >= 0.6 is 0 Å². The van der Waals surface area contributed by atoms with Crippen LogP contribution in [-0.4, -0.2) is 4.21 Å². The lowest BCUT2D eigenvalue weighted by molar-refractivity contribution is 0.683. The lowest BCUT2D eigenvalue weighted by Gasteiger charge is -2.04. The third kappa shape index (κ3) is 7.71. The predicted octanol–water partition coefficient (Wildman–Crippen LogP) is 7.57. The van der Waals surface area contributed by atoms with Crippen LogP contribution in [0.4, 0.5) is 0 Å². The van der Waals surface area contributed by atoms with Gasteiger partial charge in [-0.25, -0.2) is 4.21 Å². The summed E-state index contributed by atoms with van der Waals surface area (Å²) in [5.41, 5.74) is 8.49. The molecular formula is C26H30OS. The zero-order valence-corrected chi connectivity index (χ0v) is 17.8. The molecule has 0 atom stereocenters. The normalized spacial score (nSPS) is 11.1. The number of rotatable bonds is 10. The summed E-state index contributed by atoms with van der Waals surface area (Å²) < 4.78 is 13.0. The molecule has 0 aromatic heterocycles. The fourth-order valence-electron chi connectivity index (χ4n) is 2.66. The smallest absolute Gasteiger partial charge is 0.0850 e. The molecule has 0 saturated carbocycles. The Morgan fingerprint density at radius 1 is 0.786 bits per heavy atom. The van der Waals surface area contributed by atoms with Gasteiger partial charge in [-0.05, 0) is 85.4 Å². The van der Waals surface area contributed by atoms with Crippen molar-refractivity contribution in [2.45, 2.75) is 62.2 Å². The molecule has 2 rings (SSSR count). The summed E-state index contributed by atoms with van der Waals surface area (Å²) in [4.78, 5) is 1.62. The predicted molar refractivity (Wildman–Crippen MR) is 122 cm³/mol. The van der Waals surface area contributed by atoms with Crippen LogP contribution in [0.25, 0.3) is 12.2 Å². The summed E-state index contributed by atoms with van der Waals surface area (Å²) in [5, 5.41) is 0. The number of hydrogen-bond donors (Lipinski definition) is 0. The molecule has 2 heteroatoms. The van der Waals surface area contributed by atoms with E-state index in [4.69, 9.17) is 0 Å². The largest absolute Gasteiger partial charge is 0.249 e. The second kappa shape index (κ2) is 12.9. The van der Waals surface area contributed by atoms with Crippen molar-refractivity contribution in [3.05, 3.63) is 83.3 Å². The Kier molecular flexibility index (Phi) is 10.1. The fraction of sp³-hybridized carbons (Fsp3) is 0.308. The summed E-state index contributed by atoms with van der Waals surface area (Å²) in [6.45, 7) is 4.37.